The van der Waals surface area contributed by atoms with E-state index in [1.165, 1.54) is 27.6 Å². The summed E-state index contributed by atoms with van der Waals surface area (Å²) in [5.74, 6) is -1.46. The fourth-order valence-electron chi connectivity index (χ4n) is 3.39. The fraction of sp³-hybridized carbons (Fsp3) is 0.286. The van der Waals surface area contributed by atoms with Gasteiger partial charge in [0.05, 0.1) is 40.1 Å². The number of carboxylic acids is 1. The van der Waals surface area contributed by atoms with E-state index in [0.29, 0.717) is 15.6 Å². The monoisotopic (exact) mass is 450 g/mol. The first kappa shape index (κ1) is 22.1. The Morgan fingerprint density at radius 2 is 1.87 bits per heavy atom. The topological polar surface area (TPSA) is 102 Å². The number of aromatic nitrogens is 2. The number of halogens is 2. The van der Waals surface area contributed by atoms with E-state index in [-0.39, 0.29) is 30.0 Å². The molecule has 0 saturated carbocycles. The van der Waals surface area contributed by atoms with E-state index in [1.807, 2.05) is 13.8 Å². The van der Waals surface area contributed by atoms with Crippen LogP contribution in [-0.2, 0) is 6.54 Å². The van der Waals surface area contributed by atoms with Crippen molar-refractivity contribution in [2.24, 2.45) is 5.92 Å². The van der Waals surface area contributed by atoms with Crippen molar-refractivity contribution in [1.82, 2.24) is 9.13 Å². The number of carboxylic acid groups (broad SMARTS) is 1. The molecule has 0 radical (unpaired) electrons. The molecule has 0 unspecified atom stereocenters. The van der Waals surface area contributed by atoms with Gasteiger partial charge < -0.3 is 19.3 Å². The van der Waals surface area contributed by atoms with E-state index in [4.69, 9.17) is 23.2 Å². The van der Waals surface area contributed by atoms with E-state index in [1.54, 1.807) is 18.2 Å². The molecule has 1 aromatic carbocycles. The van der Waals surface area contributed by atoms with Gasteiger partial charge in [0.1, 0.15) is 5.56 Å². The Balaban J connectivity index is 2.30. The van der Waals surface area contributed by atoms with Crippen LogP contribution in [-0.4, -0.2) is 31.9 Å². The number of aromatic carboxylic acids is 1. The van der Waals surface area contributed by atoms with Gasteiger partial charge in [0.15, 0.2) is 0 Å². The van der Waals surface area contributed by atoms with Crippen molar-refractivity contribution in [3.05, 3.63) is 78.4 Å². The first-order valence-corrected chi connectivity index (χ1v) is 9.97. The third-order valence-corrected chi connectivity index (χ3v) is 5.91. The average molecular weight is 451 g/mol. The van der Waals surface area contributed by atoms with Crippen LogP contribution in [0.2, 0.25) is 10.0 Å². The van der Waals surface area contributed by atoms with Crippen LogP contribution in [0.5, 0.6) is 0 Å². The van der Waals surface area contributed by atoms with Gasteiger partial charge in [-0.15, -0.1) is 0 Å². The Hall–Kier alpha value is -2.61. The number of fused-ring (bicyclic) bond motifs is 1. The van der Waals surface area contributed by atoms with Crippen molar-refractivity contribution in [2.45, 2.75) is 26.4 Å². The number of nitrogens with zero attached hydrogens (tertiary/aromatic N) is 2. The zero-order valence-electron chi connectivity index (χ0n) is 16.3. The predicted octanol–water partition coefficient (Wildman–Crippen LogP) is 3.41. The zero-order chi connectivity index (χ0) is 22.2. The first-order chi connectivity index (χ1) is 14.1. The Morgan fingerprint density at radius 1 is 1.17 bits per heavy atom. The lowest BCUT2D eigenvalue weighted by molar-refractivity contribution is 0.0694. The molecule has 30 heavy (non-hydrogen) atoms. The molecule has 2 aromatic heterocycles. The molecule has 7 nitrogen and oxygen atoms in total. The molecule has 0 aliphatic rings. The molecular formula is C21H20Cl2N2O5. The highest BCUT2D eigenvalue weighted by Gasteiger charge is 2.22. The minimum Gasteiger partial charge on any atom is -0.477 e. The van der Waals surface area contributed by atoms with Crippen molar-refractivity contribution in [3.63, 3.8) is 0 Å². The molecule has 0 amide bonds. The van der Waals surface area contributed by atoms with Crippen molar-refractivity contribution in [2.75, 3.05) is 6.61 Å². The van der Waals surface area contributed by atoms with Gasteiger partial charge in [-0.25, -0.2) is 4.79 Å². The maximum absolute atomic E-state index is 12.8. The summed E-state index contributed by atoms with van der Waals surface area (Å²) in [5, 5.41) is 20.0. The summed E-state index contributed by atoms with van der Waals surface area (Å²) in [6.45, 7) is 3.48. The van der Waals surface area contributed by atoms with Gasteiger partial charge in [-0.2, -0.15) is 0 Å². The summed E-state index contributed by atoms with van der Waals surface area (Å²) in [7, 11) is 0. The summed E-state index contributed by atoms with van der Waals surface area (Å²) in [6, 6.07) is 5.78. The van der Waals surface area contributed by atoms with Gasteiger partial charge in [-0.05, 0) is 17.5 Å². The van der Waals surface area contributed by atoms with E-state index in [9.17, 15) is 24.6 Å². The van der Waals surface area contributed by atoms with Gasteiger partial charge in [-0.1, -0.05) is 49.2 Å². The first-order valence-electron chi connectivity index (χ1n) is 9.22. The minimum absolute atomic E-state index is 0.0541. The van der Waals surface area contributed by atoms with Crippen LogP contribution < -0.4 is 11.0 Å². The van der Waals surface area contributed by atoms with Gasteiger partial charge in [0.25, 0.3) is 5.56 Å². The van der Waals surface area contributed by atoms with Crippen molar-refractivity contribution < 1.29 is 15.0 Å². The highest BCUT2D eigenvalue weighted by Crippen LogP contribution is 2.26. The SMILES string of the molecule is CC(C)[C@@H](CO)n1cc(C(=O)O)c(=O)c2cn(Cc3cccc(Cl)c3Cl)c(=O)cc21. The van der Waals surface area contributed by atoms with E-state index < -0.39 is 28.6 Å². The number of hydrogen-bond acceptors (Lipinski definition) is 4. The lowest BCUT2D eigenvalue weighted by atomic mass is 10.0. The molecule has 0 saturated heterocycles. The zero-order valence-corrected chi connectivity index (χ0v) is 17.8. The molecule has 0 fully saturated rings. The van der Waals surface area contributed by atoms with Gasteiger partial charge >= 0.3 is 5.97 Å². The normalized spacial score (nSPS) is 12.5. The van der Waals surface area contributed by atoms with Crippen LogP contribution in [0.3, 0.4) is 0 Å². The number of rotatable bonds is 6. The van der Waals surface area contributed by atoms with Crippen LogP contribution in [0.25, 0.3) is 10.9 Å². The largest absolute Gasteiger partial charge is 0.477 e. The van der Waals surface area contributed by atoms with Crippen LogP contribution in [0.15, 0.2) is 46.2 Å². The number of pyridine rings is 2. The van der Waals surface area contributed by atoms with Gasteiger partial charge in [0.2, 0.25) is 5.43 Å². The Labute approximate surface area is 181 Å². The van der Waals surface area contributed by atoms with E-state index >= 15 is 0 Å². The Kier molecular flexibility index (Phi) is 6.36. The lowest BCUT2D eigenvalue weighted by Crippen LogP contribution is -2.28. The second-order valence-corrected chi connectivity index (χ2v) is 8.11. The highest BCUT2D eigenvalue weighted by molar-refractivity contribution is 6.42. The number of aliphatic hydroxyl groups is 1. The molecule has 2 heterocycles. The molecule has 9 heteroatoms. The van der Waals surface area contributed by atoms with Gasteiger partial charge in [0, 0.05) is 18.5 Å². The molecule has 0 bridgehead atoms. The third kappa shape index (κ3) is 4.01. The lowest BCUT2D eigenvalue weighted by Gasteiger charge is -2.24. The highest BCUT2D eigenvalue weighted by atomic mass is 35.5. The summed E-state index contributed by atoms with van der Waals surface area (Å²) in [4.78, 5) is 37.3. The van der Waals surface area contributed by atoms with E-state index in [0.717, 1.165) is 0 Å². The minimum atomic E-state index is -1.38. The second kappa shape index (κ2) is 8.63. The van der Waals surface area contributed by atoms with Gasteiger partial charge in [-0.3, -0.25) is 9.59 Å². The maximum Gasteiger partial charge on any atom is 0.341 e. The molecule has 1 atom stereocenters. The van der Waals surface area contributed by atoms with Crippen LogP contribution >= 0.6 is 23.2 Å². The molecule has 0 aliphatic carbocycles. The average Bonchev–Trinajstić information content (AvgIpc) is 2.68. The van der Waals surface area contributed by atoms with Crippen LogP contribution in [0.1, 0.15) is 35.8 Å². The summed E-state index contributed by atoms with van der Waals surface area (Å²) in [5.41, 5.74) is -0.713. The Bertz CT molecular complexity index is 1250. The fourth-order valence-corrected chi connectivity index (χ4v) is 3.77. The molecule has 3 rings (SSSR count). The summed E-state index contributed by atoms with van der Waals surface area (Å²) in [6.07, 6.45) is 2.51. The molecule has 158 valence electrons. The number of hydrogen-bond donors (Lipinski definition) is 2. The number of carbonyl (C=O) groups is 1. The summed E-state index contributed by atoms with van der Waals surface area (Å²) < 4.78 is 2.77. The molecular weight excluding hydrogens is 431 g/mol. The van der Waals surface area contributed by atoms with Crippen LogP contribution in [0, 0.1) is 5.92 Å². The van der Waals surface area contributed by atoms with Crippen LogP contribution in [0.4, 0.5) is 0 Å². The van der Waals surface area contributed by atoms with Crippen molar-refractivity contribution in [1.29, 1.82) is 0 Å². The van der Waals surface area contributed by atoms with Crippen molar-refractivity contribution >= 4 is 40.1 Å². The van der Waals surface area contributed by atoms with Crippen molar-refractivity contribution in [3.8, 4) is 0 Å². The second-order valence-electron chi connectivity index (χ2n) is 7.33. The standard InChI is InChI=1S/C21H20Cl2N2O5/c1-11(2)17(10-26)25-9-14(21(29)30)20(28)13-8-24(18(27)6-16(13)25)7-12-4-3-5-15(22)19(12)23/h3-6,8-9,11,17,26H,7,10H2,1-2H3,(H,29,30)/t17-/m1/s1. The summed E-state index contributed by atoms with van der Waals surface area (Å²) >= 11 is 12.2. The molecule has 3 aromatic rings. The Morgan fingerprint density at radius 3 is 2.47 bits per heavy atom. The number of benzene rings is 1. The quantitative estimate of drug-likeness (QED) is 0.598. The third-order valence-electron chi connectivity index (χ3n) is 5.06. The van der Waals surface area contributed by atoms with E-state index in [2.05, 4.69) is 0 Å². The smallest absolute Gasteiger partial charge is 0.341 e. The molecule has 0 aliphatic heterocycles. The molecule has 0 spiro atoms. The number of aliphatic hydroxyl groups excluding tert-OH is 1. The predicted molar refractivity (Wildman–Crippen MR) is 116 cm³/mol. The molecule has 2 N–H and O–H groups in total. The maximum atomic E-state index is 12.8.